The van der Waals surface area contributed by atoms with Crippen molar-refractivity contribution in [2.45, 2.75) is 49.9 Å². The molecule has 0 saturated carbocycles. The summed E-state index contributed by atoms with van der Waals surface area (Å²) < 4.78 is 0. The van der Waals surface area contributed by atoms with Crippen molar-refractivity contribution in [3.05, 3.63) is 65.7 Å². The Morgan fingerprint density at radius 2 is 1.88 bits per heavy atom. The third-order valence-corrected chi connectivity index (χ3v) is 8.86. The number of hydrogen-bond donors (Lipinski definition) is 3. The molecule has 4 atom stereocenters. The summed E-state index contributed by atoms with van der Waals surface area (Å²) in [5, 5.41) is 10.9. The second-order valence-electron chi connectivity index (χ2n) is 9.82. The summed E-state index contributed by atoms with van der Waals surface area (Å²) in [5.41, 5.74) is 4.52. The topological polar surface area (TPSA) is 69.3 Å². The Bertz CT molecular complexity index is 1200. The highest BCUT2D eigenvalue weighted by atomic mass is 32.2. The van der Waals surface area contributed by atoms with Crippen molar-refractivity contribution in [3.63, 3.8) is 0 Å². The highest BCUT2D eigenvalue weighted by Crippen LogP contribution is 2.34. The predicted octanol–water partition coefficient (Wildman–Crippen LogP) is 5.03. The summed E-state index contributed by atoms with van der Waals surface area (Å²) in [5.74, 6) is 3.21. The minimum absolute atomic E-state index is 0.120. The number of carbonyl (C=O) groups excluding carboxylic acids is 1. The molecule has 3 aliphatic rings. The number of nitrogens with zero attached hydrogens (tertiary/aromatic N) is 2. The van der Waals surface area contributed by atoms with Crippen molar-refractivity contribution in [2.75, 3.05) is 29.2 Å². The van der Waals surface area contributed by atoms with E-state index >= 15 is 0 Å². The zero-order chi connectivity index (χ0) is 23.1. The first kappa shape index (κ1) is 21.7. The van der Waals surface area contributed by atoms with Gasteiger partial charge in [-0.1, -0.05) is 24.3 Å². The molecule has 3 heterocycles. The van der Waals surface area contributed by atoms with Crippen molar-refractivity contribution in [2.24, 2.45) is 0 Å². The quantitative estimate of drug-likeness (QED) is 0.496. The van der Waals surface area contributed by atoms with Gasteiger partial charge in [-0.2, -0.15) is 11.8 Å². The first-order valence-corrected chi connectivity index (χ1v) is 13.4. The van der Waals surface area contributed by atoms with E-state index in [2.05, 4.69) is 58.2 Å². The molecule has 2 aliphatic heterocycles. The third-order valence-electron chi connectivity index (χ3n) is 7.62. The Hall–Kier alpha value is -2.77. The standard InChI is InChI=1S/C27H31N5OS/c1-32-21-13-20(14-22(32)16-34-15-21)29-27(33)28-19-8-10-24-18(12-19)7-11-26(30-24)31-25-9-6-17-4-2-3-5-23(17)25/h2-5,7-8,10-12,20-22,25H,6,9,13-16H2,1H3,(H,30,31)(H2,28,29,33)/t20-,21+,22-,25-/m1/s1. The number of rotatable bonds is 4. The largest absolute Gasteiger partial charge is 0.363 e. The van der Waals surface area contributed by atoms with Crippen molar-refractivity contribution in [3.8, 4) is 0 Å². The highest BCUT2D eigenvalue weighted by molar-refractivity contribution is 7.99. The monoisotopic (exact) mass is 473 g/mol. The van der Waals surface area contributed by atoms with Crippen LogP contribution in [0.5, 0.6) is 0 Å². The molecule has 0 spiro atoms. The zero-order valence-corrected chi connectivity index (χ0v) is 20.3. The zero-order valence-electron chi connectivity index (χ0n) is 19.5. The van der Waals surface area contributed by atoms with Crippen LogP contribution in [-0.2, 0) is 6.42 Å². The Morgan fingerprint density at radius 1 is 1.06 bits per heavy atom. The molecule has 176 valence electrons. The molecule has 6 rings (SSSR count). The second kappa shape index (κ2) is 9.12. The van der Waals surface area contributed by atoms with Crippen LogP contribution in [0.4, 0.5) is 16.3 Å². The molecule has 2 bridgehead atoms. The van der Waals surface area contributed by atoms with Crippen molar-refractivity contribution >= 4 is 40.2 Å². The number of anilines is 2. The lowest BCUT2D eigenvalue weighted by atomic mass is 9.93. The number of amides is 2. The van der Waals surface area contributed by atoms with Gasteiger partial charge in [0.05, 0.1) is 11.6 Å². The maximum Gasteiger partial charge on any atom is 0.319 e. The van der Waals surface area contributed by atoms with E-state index in [-0.39, 0.29) is 12.1 Å². The van der Waals surface area contributed by atoms with Crippen LogP contribution in [0.15, 0.2) is 54.6 Å². The number of piperidine rings is 1. The number of aromatic nitrogens is 1. The summed E-state index contributed by atoms with van der Waals surface area (Å²) in [4.78, 5) is 20.0. The summed E-state index contributed by atoms with van der Waals surface area (Å²) >= 11 is 2.04. The first-order valence-electron chi connectivity index (χ1n) is 12.2. The summed E-state index contributed by atoms with van der Waals surface area (Å²) in [6.45, 7) is 0. The van der Waals surface area contributed by atoms with Gasteiger partial charge in [-0.05, 0) is 74.2 Å². The summed E-state index contributed by atoms with van der Waals surface area (Å²) in [7, 11) is 2.22. The van der Waals surface area contributed by atoms with Gasteiger partial charge in [0.2, 0.25) is 0 Å². The molecule has 2 fully saturated rings. The number of fused-ring (bicyclic) bond motifs is 4. The average Bonchev–Trinajstić information content (AvgIpc) is 3.23. The summed E-state index contributed by atoms with van der Waals surface area (Å²) in [6.07, 6.45) is 4.25. The van der Waals surface area contributed by atoms with Gasteiger partial charge in [0, 0.05) is 40.7 Å². The van der Waals surface area contributed by atoms with Gasteiger partial charge in [-0.3, -0.25) is 4.90 Å². The molecule has 1 aromatic heterocycles. The number of pyridine rings is 1. The van der Waals surface area contributed by atoms with Crippen LogP contribution in [0, 0.1) is 0 Å². The van der Waals surface area contributed by atoms with Crippen LogP contribution < -0.4 is 16.0 Å². The fourth-order valence-corrected chi connectivity index (χ4v) is 7.16. The van der Waals surface area contributed by atoms with Crippen LogP contribution in [0.3, 0.4) is 0 Å². The molecule has 7 heteroatoms. The molecular formula is C27H31N5OS. The Morgan fingerprint density at radius 3 is 2.74 bits per heavy atom. The third kappa shape index (κ3) is 4.34. The summed E-state index contributed by atoms with van der Waals surface area (Å²) in [6, 6.07) is 20.2. The maximum atomic E-state index is 12.7. The smallest absolute Gasteiger partial charge is 0.319 e. The Kier molecular flexibility index (Phi) is 5.83. The van der Waals surface area contributed by atoms with Crippen LogP contribution >= 0.6 is 11.8 Å². The van der Waals surface area contributed by atoms with E-state index in [4.69, 9.17) is 4.98 Å². The van der Waals surface area contributed by atoms with Crippen LogP contribution in [-0.4, -0.2) is 52.6 Å². The van der Waals surface area contributed by atoms with Gasteiger partial charge in [0.15, 0.2) is 0 Å². The molecular weight excluding hydrogens is 442 g/mol. The number of aryl methyl sites for hydroxylation is 1. The minimum Gasteiger partial charge on any atom is -0.363 e. The minimum atomic E-state index is -0.120. The molecule has 3 N–H and O–H groups in total. The SMILES string of the molecule is CN1[C@@H]2CSC[C@H]1C[C@H](NC(=O)Nc1ccc3nc(N[C@@H]4CCc5ccccc54)ccc3c1)C2. The lowest BCUT2D eigenvalue weighted by Crippen LogP contribution is -2.57. The normalized spacial score (nSPS) is 26.1. The molecule has 2 amide bonds. The highest BCUT2D eigenvalue weighted by Gasteiger charge is 2.36. The van der Waals surface area contributed by atoms with Gasteiger partial charge >= 0.3 is 6.03 Å². The fourth-order valence-electron chi connectivity index (χ4n) is 5.73. The lowest BCUT2D eigenvalue weighted by molar-refractivity contribution is 0.114. The lowest BCUT2D eigenvalue weighted by Gasteiger charge is -2.46. The van der Waals surface area contributed by atoms with E-state index in [1.165, 1.54) is 11.1 Å². The van der Waals surface area contributed by atoms with E-state index in [1.54, 1.807) is 0 Å². The Labute approximate surface area is 204 Å². The van der Waals surface area contributed by atoms with Gasteiger partial charge in [-0.25, -0.2) is 9.78 Å². The van der Waals surface area contributed by atoms with E-state index in [0.717, 1.165) is 59.6 Å². The van der Waals surface area contributed by atoms with Gasteiger partial charge in [-0.15, -0.1) is 0 Å². The van der Waals surface area contributed by atoms with E-state index < -0.39 is 0 Å². The molecule has 0 unspecified atom stereocenters. The van der Waals surface area contributed by atoms with Crippen molar-refractivity contribution in [1.82, 2.24) is 15.2 Å². The number of benzene rings is 2. The molecule has 3 aromatic rings. The van der Waals surface area contributed by atoms with E-state index in [9.17, 15) is 4.79 Å². The van der Waals surface area contributed by atoms with E-state index in [1.807, 2.05) is 36.0 Å². The number of carbonyl (C=O) groups is 1. The number of urea groups is 1. The average molecular weight is 474 g/mol. The van der Waals surface area contributed by atoms with Crippen molar-refractivity contribution < 1.29 is 4.79 Å². The van der Waals surface area contributed by atoms with Crippen LogP contribution in [0.1, 0.15) is 36.4 Å². The second-order valence-corrected chi connectivity index (χ2v) is 10.9. The number of hydrogen-bond acceptors (Lipinski definition) is 5. The fraction of sp³-hybridized carbons (Fsp3) is 0.407. The molecule has 0 radical (unpaired) electrons. The van der Waals surface area contributed by atoms with Gasteiger partial charge in [0.1, 0.15) is 5.82 Å². The predicted molar refractivity (Wildman–Crippen MR) is 141 cm³/mol. The first-order chi connectivity index (χ1) is 16.6. The molecule has 1 aliphatic carbocycles. The molecule has 2 saturated heterocycles. The maximum absolute atomic E-state index is 12.7. The Balaban J connectivity index is 1.09. The molecule has 34 heavy (non-hydrogen) atoms. The van der Waals surface area contributed by atoms with Crippen LogP contribution in [0.25, 0.3) is 10.9 Å². The molecule has 6 nitrogen and oxygen atoms in total. The van der Waals surface area contributed by atoms with Gasteiger partial charge in [0.25, 0.3) is 0 Å². The van der Waals surface area contributed by atoms with Crippen molar-refractivity contribution in [1.29, 1.82) is 0 Å². The van der Waals surface area contributed by atoms with Crippen LogP contribution in [0.2, 0.25) is 0 Å². The van der Waals surface area contributed by atoms with E-state index in [0.29, 0.717) is 18.1 Å². The van der Waals surface area contributed by atoms with Gasteiger partial charge < -0.3 is 16.0 Å². The molecule has 2 aromatic carbocycles. The number of nitrogens with one attached hydrogen (secondary N) is 3. The number of thioether (sulfide) groups is 1.